The van der Waals surface area contributed by atoms with E-state index in [4.69, 9.17) is 4.42 Å². The standard InChI is InChI=1S/C61H49NO/c1-60(2,3)46-31-25-42(26-32-46)43-29-35-51-54-38-45(30-36-55(54)61(4,5)56(51)39-43)49-19-9-11-23-57(49)62(47-33-27-41(28-34-47)40-15-7-6-8-16-40)48-18-13-17-44(37-48)50-21-14-22-53-52-20-10-12-24-58(52)63-59(50)53/h6-39H,1-5H3. The highest BCUT2D eigenvalue weighted by molar-refractivity contribution is 6.09. The van der Waals surface area contributed by atoms with Crippen LogP contribution < -0.4 is 4.90 Å². The molecule has 0 saturated heterocycles. The van der Waals surface area contributed by atoms with E-state index in [-0.39, 0.29) is 10.8 Å². The smallest absolute Gasteiger partial charge is 0.143 e. The van der Waals surface area contributed by atoms with Gasteiger partial charge in [-0.05, 0) is 115 Å². The molecule has 0 amide bonds. The van der Waals surface area contributed by atoms with E-state index in [2.05, 4.69) is 240 Å². The Labute approximate surface area is 370 Å². The second-order valence-corrected chi connectivity index (χ2v) is 18.6. The molecule has 0 N–H and O–H groups in total. The van der Waals surface area contributed by atoms with Gasteiger partial charge in [0.25, 0.3) is 0 Å². The van der Waals surface area contributed by atoms with Crippen molar-refractivity contribution in [1.29, 1.82) is 0 Å². The quantitative estimate of drug-likeness (QED) is 0.159. The topological polar surface area (TPSA) is 16.4 Å². The fourth-order valence-corrected chi connectivity index (χ4v) is 9.82. The Morgan fingerprint density at radius 2 is 1.00 bits per heavy atom. The average Bonchev–Trinajstić information content (AvgIpc) is 3.81. The first-order valence-electron chi connectivity index (χ1n) is 22.1. The predicted molar refractivity (Wildman–Crippen MR) is 266 cm³/mol. The number of nitrogens with zero attached hydrogens (tertiary/aromatic N) is 1. The third-order valence-electron chi connectivity index (χ3n) is 13.3. The van der Waals surface area contributed by atoms with Gasteiger partial charge in [0.15, 0.2) is 0 Å². The summed E-state index contributed by atoms with van der Waals surface area (Å²) in [6.45, 7) is 11.6. The van der Waals surface area contributed by atoms with Gasteiger partial charge in [-0.1, -0.05) is 192 Å². The lowest BCUT2D eigenvalue weighted by molar-refractivity contribution is 0.590. The molecule has 2 heteroatoms. The minimum Gasteiger partial charge on any atom is -0.455 e. The SMILES string of the molecule is CC(C)(C)c1ccc(-c2ccc3c(c2)C(C)(C)c2ccc(-c4ccccc4N(c4ccc(-c5ccccc5)cc4)c4cccc(-c5cccc6c5oc5ccccc56)c4)cc2-3)cc1. The molecule has 0 unspecified atom stereocenters. The first-order chi connectivity index (χ1) is 30.6. The van der Waals surface area contributed by atoms with Gasteiger partial charge in [0.1, 0.15) is 11.2 Å². The molecule has 2 nitrogen and oxygen atoms in total. The fraction of sp³-hybridized carbons (Fsp3) is 0.115. The van der Waals surface area contributed by atoms with Crippen LogP contribution in [-0.2, 0) is 10.8 Å². The number of furan rings is 1. The molecule has 1 aliphatic carbocycles. The lowest BCUT2D eigenvalue weighted by atomic mass is 9.81. The lowest BCUT2D eigenvalue weighted by Crippen LogP contribution is -2.15. The summed E-state index contributed by atoms with van der Waals surface area (Å²) in [6.07, 6.45) is 0. The van der Waals surface area contributed by atoms with Crippen molar-refractivity contribution in [1.82, 2.24) is 0 Å². The first kappa shape index (κ1) is 38.5. The van der Waals surface area contributed by atoms with Crippen LogP contribution in [0, 0.1) is 0 Å². The molecule has 304 valence electrons. The van der Waals surface area contributed by atoms with Crippen molar-refractivity contribution in [2.24, 2.45) is 0 Å². The van der Waals surface area contributed by atoms with E-state index in [9.17, 15) is 0 Å². The Kier molecular flexibility index (Phi) is 9.10. The molecule has 0 fully saturated rings. The number of hydrogen-bond donors (Lipinski definition) is 0. The second-order valence-electron chi connectivity index (χ2n) is 18.6. The molecule has 1 heterocycles. The number of para-hydroxylation sites is 3. The largest absolute Gasteiger partial charge is 0.455 e. The van der Waals surface area contributed by atoms with Gasteiger partial charge in [-0.25, -0.2) is 0 Å². The Balaban J connectivity index is 1.03. The van der Waals surface area contributed by atoms with E-state index < -0.39 is 0 Å². The van der Waals surface area contributed by atoms with Gasteiger partial charge >= 0.3 is 0 Å². The van der Waals surface area contributed by atoms with E-state index >= 15 is 0 Å². The van der Waals surface area contributed by atoms with Crippen molar-refractivity contribution >= 4 is 39.0 Å². The number of benzene rings is 9. The highest BCUT2D eigenvalue weighted by atomic mass is 16.3. The number of fused-ring (bicyclic) bond motifs is 6. The van der Waals surface area contributed by atoms with Crippen LogP contribution in [0.3, 0.4) is 0 Å². The van der Waals surface area contributed by atoms with Crippen LogP contribution in [0.4, 0.5) is 17.1 Å². The van der Waals surface area contributed by atoms with Gasteiger partial charge in [-0.2, -0.15) is 0 Å². The maximum Gasteiger partial charge on any atom is 0.143 e. The van der Waals surface area contributed by atoms with Gasteiger partial charge in [0, 0.05) is 38.7 Å². The van der Waals surface area contributed by atoms with E-state index in [0.717, 1.165) is 50.1 Å². The molecular formula is C61H49NO. The van der Waals surface area contributed by atoms with Crippen LogP contribution in [-0.4, -0.2) is 0 Å². The molecule has 1 aliphatic rings. The summed E-state index contributed by atoms with van der Waals surface area (Å²) in [5.74, 6) is 0. The Morgan fingerprint density at radius 3 is 1.81 bits per heavy atom. The molecule has 0 saturated carbocycles. The Bertz CT molecular complexity index is 3330. The zero-order valence-corrected chi connectivity index (χ0v) is 36.5. The maximum absolute atomic E-state index is 6.55. The van der Waals surface area contributed by atoms with E-state index in [1.54, 1.807) is 0 Å². The monoisotopic (exact) mass is 811 g/mol. The molecule has 0 radical (unpaired) electrons. The number of rotatable bonds is 7. The predicted octanol–water partition coefficient (Wildman–Crippen LogP) is 17.3. The summed E-state index contributed by atoms with van der Waals surface area (Å²) in [5.41, 5.74) is 21.1. The number of anilines is 3. The molecule has 10 aromatic rings. The summed E-state index contributed by atoms with van der Waals surface area (Å²) in [4.78, 5) is 2.41. The molecule has 0 atom stereocenters. The Morgan fingerprint density at radius 1 is 0.397 bits per heavy atom. The van der Waals surface area contributed by atoms with Crippen molar-refractivity contribution in [2.75, 3.05) is 4.90 Å². The molecule has 9 aromatic carbocycles. The normalized spacial score (nSPS) is 13.0. The lowest BCUT2D eigenvalue weighted by Gasteiger charge is -2.29. The van der Waals surface area contributed by atoms with E-state index in [1.807, 2.05) is 6.07 Å². The van der Waals surface area contributed by atoms with Crippen molar-refractivity contribution in [3.63, 3.8) is 0 Å². The van der Waals surface area contributed by atoms with Crippen LogP contribution in [0.15, 0.2) is 211 Å². The van der Waals surface area contributed by atoms with Crippen molar-refractivity contribution < 1.29 is 4.42 Å². The van der Waals surface area contributed by atoms with Gasteiger partial charge in [-0.15, -0.1) is 0 Å². The maximum atomic E-state index is 6.55. The third-order valence-corrected chi connectivity index (χ3v) is 13.3. The summed E-state index contributed by atoms with van der Waals surface area (Å²) in [5, 5.41) is 2.26. The van der Waals surface area contributed by atoms with Crippen LogP contribution in [0.2, 0.25) is 0 Å². The summed E-state index contributed by atoms with van der Waals surface area (Å²) in [6, 6.07) is 75.4. The second kappa shape index (κ2) is 14.9. The van der Waals surface area contributed by atoms with Gasteiger partial charge in [0.05, 0.1) is 5.69 Å². The molecule has 0 bridgehead atoms. The van der Waals surface area contributed by atoms with E-state index in [0.29, 0.717) is 0 Å². The minimum atomic E-state index is -0.139. The van der Waals surface area contributed by atoms with Crippen LogP contribution in [0.1, 0.15) is 51.3 Å². The molecule has 1 aromatic heterocycles. The van der Waals surface area contributed by atoms with E-state index in [1.165, 1.54) is 61.2 Å². The number of hydrogen-bond acceptors (Lipinski definition) is 2. The van der Waals surface area contributed by atoms with Gasteiger partial charge in [0.2, 0.25) is 0 Å². The van der Waals surface area contributed by atoms with Crippen molar-refractivity contribution in [3.05, 3.63) is 223 Å². The van der Waals surface area contributed by atoms with Crippen LogP contribution in [0.25, 0.3) is 77.6 Å². The molecule has 11 rings (SSSR count). The first-order valence-corrected chi connectivity index (χ1v) is 22.1. The van der Waals surface area contributed by atoms with Gasteiger partial charge in [-0.3, -0.25) is 0 Å². The average molecular weight is 812 g/mol. The fourth-order valence-electron chi connectivity index (χ4n) is 9.82. The van der Waals surface area contributed by atoms with Crippen molar-refractivity contribution in [2.45, 2.75) is 45.4 Å². The molecule has 63 heavy (non-hydrogen) atoms. The van der Waals surface area contributed by atoms with Crippen LogP contribution in [0.5, 0.6) is 0 Å². The Hall–Kier alpha value is -7.42. The van der Waals surface area contributed by atoms with Crippen molar-refractivity contribution in [3.8, 4) is 55.6 Å². The third kappa shape index (κ3) is 6.65. The van der Waals surface area contributed by atoms with Crippen LogP contribution >= 0.6 is 0 Å². The summed E-state index contributed by atoms with van der Waals surface area (Å²) >= 11 is 0. The zero-order valence-electron chi connectivity index (χ0n) is 36.5. The minimum absolute atomic E-state index is 0.121. The summed E-state index contributed by atoms with van der Waals surface area (Å²) in [7, 11) is 0. The highest BCUT2D eigenvalue weighted by Crippen LogP contribution is 2.52. The van der Waals surface area contributed by atoms with Gasteiger partial charge < -0.3 is 9.32 Å². The molecule has 0 aliphatic heterocycles. The highest BCUT2D eigenvalue weighted by Gasteiger charge is 2.36. The molecule has 0 spiro atoms. The summed E-state index contributed by atoms with van der Waals surface area (Å²) < 4.78 is 6.55. The zero-order chi connectivity index (χ0) is 42.9. The molecular weight excluding hydrogens is 763 g/mol.